The smallest absolute Gasteiger partial charge is 0.137 e. The quantitative estimate of drug-likeness (QED) is 0.628. The van der Waals surface area contributed by atoms with Crippen LogP contribution < -0.4 is 0 Å². The van der Waals surface area contributed by atoms with E-state index in [0.717, 1.165) is 34.7 Å². The third-order valence-corrected chi connectivity index (χ3v) is 3.33. The number of aromatic amines is 1. The van der Waals surface area contributed by atoms with Crippen molar-refractivity contribution in [3.8, 4) is 0 Å². The van der Waals surface area contributed by atoms with Crippen LogP contribution in [0.25, 0.3) is 17.0 Å². The number of rotatable bonds is 2. The average Bonchev–Trinajstić information content (AvgIpc) is 2.76. The molecule has 1 aromatic heterocycles. The summed E-state index contributed by atoms with van der Waals surface area (Å²) in [7, 11) is 0. The van der Waals surface area contributed by atoms with Crippen LogP contribution in [0.1, 0.15) is 11.3 Å². The van der Waals surface area contributed by atoms with Crippen LogP contribution in [0.4, 0.5) is 0 Å². The molecule has 0 radical (unpaired) electrons. The van der Waals surface area contributed by atoms with Gasteiger partial charge in [0.2, 0.25) is 0 Å². The van der Waals surface area contributed by atoms with Crippen molar-refractivity contribution in [3.63, 3.8) is 0 Å². The number of carbonyl (C=O) groups is 2. The van der Waals surface area contributed by atoms with E-state index in [4.69, 9.17) is 0 Å². The number of H-pyrrole nitrogens is 1. The molecule has 3 rings (SSSR count). The second kappa shape index (κ2) is 3.42. The Morgan fingerprint density at radius 2 is 1.94 bits per heavy atom. The van der Waals surface area contributed by atoms with Crippen molar-refractivity contribution in [1.29, 1.82) is 0 Å². The lowest BCUT2D eigenvalue weighted by molar-refractivity contribution is -0.123. The number of hydrogen-bond acceptors (Lipinski definition) is 2. The molecule has 0 atom stereocenters. The van der Waals surface area contributed by atoms with E-state index in [-0.39, 0.29) is 0 Å². The van der Waals surface area contributed by atoms with Crippen LogP contribution in [0, 0.1) is 5.41 Å². The lowest BCUT2D eigenvalue weighted by atomic mass is 9.80. The Kier molecular flexibility index (Phi) is 2.01. The van der Waals surface area contributed by atoms with Gasteiger partial charge in [0.15, 0.2) is 0 Å². The second-order valence-corrected chi connectivity index (χ2v) is 4.42. The molecular formula is C14H11NO2. The largest absolute Gasteiger partial charge is 0.355 e. The molecular weight excluding hydrogens is 214 g/mol. The van der Waals surface area contributed by atoms with Crippen molar-refractivity contribution in [1.82, 2.24) is 4.98 Å². The van der Waals surface area contributed by atoms with E-state index in [2.05, 4.69) is 4.98 Å². The molecule has 84 valence electrons. The van der Waals surface area contributed by atoms with Crippen LogP contribution in [0.3, 0.4) is 0 Å². The molecule has 3 nitrogen and oxygen atoms in total. The molecule has 3 heteroatoms. The van der Waals surface area contributed by atoms with Gasteiger partial charge in [-0.25, -0.2) is 0 Å². The van der Waals surface area contributed by atoms with Crippen molar-refractivity contribution in [2.45, 2.75) is 6.42 Å². The molecule has 0 saturated heterocycles. The van der Waals surface area contributed by atoms with Crippen molar-refractivity contribution in [2.75, 3.05) is 0 Å². The maximum absolute atomic E-state index is 11.1. The number of aromatic nitrogens is 1. The number of nitrogens with one attached hydrogen (secondary N) is 1. The second-order valence-electron chi connectivity index (χ2n) is 4.42. The van der Waals surface area contributed by atoms with Gasteiger partial charge in [-0.3, -0.25) is 0 Å². The lowest BCUT2D eigenvalue weighted by Gasteiger charge is -2.20. The molecule has 1 heterocycles. The predicted molar refractivity (Wildman–Crippen MR) is 65.6 cm³/mol. The summed E-state index contributed by atoms with van der Waals surface area (Å²) in [6.45, 7) is 0. The summed E-state index contributed by atoms with van der Waals surface area (Å²) in [6, 6.07) is 7.91. The van der Waals surface area contributed by atoms with Gasteiger partial charge in [-0.15, -0.1) is 0 Å². The van der Waals surface area contributed by atoms with E-state index >= 15 is 0 Å². The zero-order valence-corrected chi connectivity index (χ0v) is 9.14. The normalized spacial score (nSPS) is 16.7. The highest BCUT2D eigenvalue weighted by molar-refractivity contribution is 5.94. The molecule has 0 saturated carbocycles. The van der Waals surface area contributed by atoms with Crippen molar-refractivity contribution in [3.05, 3.63) is 41.6 Å². The molecule has 0 spiro atoms. The highest BCUT2D eigenvalue weighted by Crippen LogP contribution is 2.34. The molecule has 0 bridgehead atoms. The highest BCUT2D eigenvalue weighted by Gasteiger charge is 2.31. The van der Waals surface area contributed by atoms with E-state index in [1.807, 2.05) is 30.3 Å². The van der Waals surface area contributed by atoms with Crippen LogP contribution >= 0.6 is 0 Å². The topological polar surface area (TPSA) is 49.9 Å². The number of aldehydes is 2. The van der Waals surface area contributed by atoms with E-state index in [1.165, 1.54) is 0 Å². The summed E-state index contributed by atoms with van der Waals surface area (Å²) in [5, 5.41) is 1.08. The first-order chi connectivity index (χ1) is 8.28. The molecule has 2 aromatic rings. The van der Waals surface area contributed by atoms with Gasteiger partial charge < -0.3 is 14.6 Å². The van der Waals surface area contributed by atoms with E-state index in [0.29, 0.717) is 6.42 Å². The fourth-order valence-electron chi connectivity index (χ4n) is 2.35. The van der Waals surface area contributed by atoms with E-state index < -0.39 is 5.41 Å². The first-order valence-electron chi connectivity index (χ1n) is 5.49. The standard InChI is InChI=1S/C14H11NO2/c16-8-14(9-17)6-5-13-11(7-14)10-3-1-2-4-12(10)15-13/h1-6,8-9,15H,7H2. The van der Waals surface area contributed by atoms with Crippen LogP contribution in [-0.4, -0.2) is 17.6 Å². The number of fused-ring (bicyclic) bond motifs is 3. The van der Waals surface area contributed by atoms with Gasteiger partial charge in [0.25, 0.3) is 0 Å². The number of allylic oxidation sites excluding steroid dienone is 1. The molecule has 0 unspecified atom stereocenters. The zero-order chi connectivity index (χ0) is 11.9. The molecule has 0 fully saturated rings. The summed E-state index contributed by atoms with van der Waals surface area (Å²) < 4.78 is 0. The van der Waals surface area contributed by atoms with E-state index in [1.54, 1.807) is 6.08 Å². The van der Waals surface area contributed by atoms with Crippen molar-refractivity contribution in [2.24, 2.45) is 5.41 Å². The summed E-state index contributed by atoms with van der Waals surface area (Å²) >= 11 is 0. The minimum atomic E-state index is -0.988. The molecule has 1 aromatic carbocycles. The molecule has 17 heavy (non-hydrogen) atoms. The number of para-hydroxylation sites is 1. The minimum Gasteiger partial charge on any atom is -0.355 e. The van der Waals surface area contributed by atoms with Crippen molar-refractivity contribution < 1.29 is 9.59 Å². The Balaban J connectivity index is 2.23. The number of benzene rings is 1. The summed E-state index contributed by atoms with van der Waals surface area (Å²) in [5.74, 6) is 0. The predicted octanol–water partition coefficient (Wildman–Crippen LogP) is 2.12. The van der Waals surface area contributed by atoms with Crippen molar-refractivity contribution >= 4 is 29.6 Å². The van der Waals surface area contributed by atoms with Gasteiger partial charge in [0.05, 0.1) is 0 Å². The number of carbonyl (C=O) groups excluding carboxylic acids is 2. The summed E-state index contributed by atoms with van der Waals surface area (Å²) in [6.07, 6.45) is 5.38. The minimum absolute atomic E-state index is 0.440. The Morgan fingerprint density at radius 1 is 1.18 bits per heavy atom. The van der Waals surface area contributed by atoms with Gasteiger partial charge in [0.1, 0.15) is 18.0 Å². The lowest BCUT2D eigenvalue weighted by Crippen LogP contribution is -2.26. The molecule has 1 N–H and O–H groups in total. The SMILES string of the molecule is O=CC1(C=O)C=Cc2[nH]c3ccccc3c2C1. The molecule has 1 aliphatic carbocycles. The Morgan fingerprint density at radius 3 is 2.71 bits per heavy atom. The van der Waals surface area contributed by atoms with Gasteiger partial charge in [-0.05, 0) is 24.1 Å². The Hall–Kier alpha value is -2.16. The first kappa shape index (κ1) is 10.0. The summed E-state index contributed by atoms with van der Waals surface area (Å²) in [5.41, 5.74) is 2.08. The maximum atomic E-state index is 11.1. The third-order valence-electron chi connectivity index (χ3n) is 3.33. The highest BCUT2D eigenvalue weighted by atomic mass is 16.1. The number of hydrogen-bond donors (Lipinski definition) is 1. The molecule has 1 aliphatic rings. The van der Waals surface area contributed by atoms with Crippen LogP contribution in [0.2, 0.25) is 0 Å². The first-order valence-corrected chi connectivity index (χ1v) is 5.49. The van der Waals surface area contributed by atoms with Gasteiger partial charge in [0, 0.05) is 16.6 Å². The summed E-state index contributed by atoms with van der Waals surface area (Å²) in [4.78, 5) is 25.5. The maximum Gasteiger partial charge on any atom is 0.137 e. The fourth-order valence-corrected chi connectivity index (χ4v) is 2.35. The monoisotopic (exact) mass is 225 g/mol. The van der Waals surface area contributed by atoms with Crippen LogP contribution in [0.15, 0.2) is 30.3 Å². The van der Waals surface area contributed by atoms with Crippen LogP contribution in [-0.2, 0) is 16.0 Å². The van der Waals surface area contributed by atoms with Gasteiger partial charge in [-0.2, -0.15) is 0 Å². The van der Waals surface area contributed by atoms with Gasteiger partial charge >= 0.3 is 0 Å². The van der Waals surface area contributed by atoms with Crippen LogP contribution in [0.5, 0.6) is 0 Å². The van der Waals surface area contributed by atoms with E-state index in [9.17, 15) is 9.59 Å². The van der Waals surface area contributed by atoms with Gasteiger partial charge in [-0.1, -0.05) is 24.3 Å². The Bertz CT molecular complexity index is 629. The zero-order valence-electron chi connectivity index (χ0n) is 9.14. The Labute approximate surface area is 98.1 Å². The molecule has 0 aliphatic heterocycles. The molecule has 0 amide bonds. The average molecular weight is 225 g/mol. The third kappa shape index (κ3) is 1.35. The fraction of sp³-hybridized carbons (Fsp3) is 0.143.